The lowest BCUT2D eigenvalue weighted by atomic mass is 10.2. The van der Waals surface area contributed by atoms with Gasteiger partial charge in [-0.15, -0.1) is 12.4 Å². The highest BCUT2D eigenvalue weighted by Gasteiger charge is 2.17. The van der Waals surface area contributed by atoms with Gasteiger partial charge >= 0.3 is 0 Å². The molecule has 2 aromatic heterocycles. The van der Waals surface area contributed by atoms with Crippen molar-refractivity contribution in [2.24, 2.45) is 0 Å². The van der Waals surface area contributed by atoms with Crippen LogP contribution in [0.4, 0.5) is 0 Å². The Balaban J connectivity index is 0.00000176. The Kier molecular flexibility index (Phi) is 6.46. The van der Waals surface area contributed by atoms with Crippen molar-refractivity contribution < 1.29 is 0 Å². The van der Waals surface area contributed by atoms with Gasteiger partial charge in [-0.1, -0.05) is 19.8 Å². The summed E-state index contributed by atoms with van der Waals surface area (Å²) >= 11 is 0. The molecule has 122 valence electrons. The van der Waals surface area contributed by atoms with Crippen LogP contribution in [0.3, 0.4) is 0 Å². The second-order valence-electron chi connectivity index (χ2n) is 5.92. The molecule has 22 heavy (non-hydrogen) atoms. The smallest absolute Gasteiger partial charge is 0.0534 e. The van der Waals surface area contributed by atoms with Crippen molar-refractivity contribution in [3.8, 4) is 0 Å². The molecule has 0 unspecified atom stereocenters. The number of aryl methyl sites for hydroxylation is 1. The number of hydrogen-bond acceptors (Lipinski definition) is 3. The fourth-order valence-electron chi connectivity index (χ4n) is 3.10. The van der Waals surface area contributed by atoms with E-state index in [1.165, 1.54) is 36.9 Å². The van der Waals surface area contributed by atoms with Gasteiger partial charge in [-0.2, -0.15) is 10.2 Å². The highest BCUT2D eigenvalue weighted by Crippen LogP contribution is 2.28. The van der Waals surface area contributed by atoms with E-state index in [-0.39, 0.29) is 12.4 Å². The molecule has 5 nitrogen and oxygen atoms in total. The summed E-state index contributed by atoms with van der Waals surface area (Å²) in [7, 11) is 0. The lowest BCUT2D eigenvalue weighted by molar-refractivity contribution is 0.466. The van der Waals surface area contributed by atoms with Gasteiger partial charge in [0.2, 0.25) is 0 Å². The molecule has 0 radical (unpaired) electrons. The van der Waals surface area contributed by atoms with Crippen molar-refractivity contribution in [1.82, 2.24) is 24.9 Å². The second kappa shape index (κ2) is 8.34. The van der Waals surface area contributed by atoms with Gasteiger partial charge in [0.05, 0.1) is 17.9 Å². The molecule has 1 saturated carbocycles. The third-order valence-corrected chi connectivity index (χ3v) is 4.23. The highest BCUT2D eigenvalue weighted by atomic mass is 35.5. The van der Waals surface area contributed by atoms with Crippen LogP contribution >= 0.6 is 12.4 Å². The first-order valence-electron chi connectivity index (χ1n) is 8.11. The van der Waals surface area contributed by atoms with E-state index in [1.54, 1.807) is 0 Å². The Hall–Kier alpha value is -1.33. The Morgan fingerprint density at radius 2 is 2.05 bits per heavy atom. The molecule has 6 heteroatoms. The number of hydrogen-bond donors (Lipinski definition) is 1. The van der Waals surface area contributed by atoms with E-state index in [1.807, 2.05) is 12.4 Å². The fraction of sp³-hybridized carbons (Fsp3) is 0.625. The van der Waals surface area contributed by atoms with E-state index in [4.69, 9.17) is 0 Å². The van der Waals surface area contributed by atoms with Crippen LogP contribution in [-0.4, -0.2) is 19.6 Å². The normalized spacial score (nSPS) is 15.1. The van der Waals surface area contributed by atoms with Gasteiger partial charge in [0.1, 0.15) is 0 Å². The molecule has 0 amide bonds. The summed E-state index contributed by atoms with van der Waals surface area (Å²) < 4.78 is 4.24. The van der Waals surface area contributed by atoms with Crippen LogP contribution in [0.25, 0.3) is 0 Å². The maximum atomic E-state index is 4.52. The number of rotatable bonds is 7. The zero-order valence-electron chi connectivity index (χ0n) is 13.2. The number of aromatic nitrogens is 4. The molecule has 1 N–H and O–H groups in total. The molecule has 1 aliphatic rings. The molecule has 0 aliphatic heterocycles. The zero-order chi connectivity index (χ0) is 14.5. The summed E-state index contributed by atoms with van der Waals surface area (Å²) in [5.41, 5.74) is 2.52. The van der Waals surface area contributed by atoms with Crippen molar-refractivity contribution in [2.45, 2.75) is 64.7 Å². The summed E-state index contributed by atoms with van der Waals surface area (Å²) in [5, 5.41) is 12.4. The van der Waals surface area contributed by atoms with Crippen molar-refractivity contribution >= 4 is 12.4 Å². The molecule has 1 fully saturated rings. The van der Waals surface area contributed by atoms with Gasteiger partial charge in [0.25, 0.3) is 0 Å². The van der Waals surface area contributed by atoms with Crippen LogP contribution in [0, 0.1) is 0 Å². The largest absolute Gasteiger partial charge is 0.307 e. The van der Waals surface area contributed by atoms with E-state index < -0.39 is 0 Å². The van der Waals surface area contributed by atoms with Crippen LogP contribution in [0.5, 0.6) is 0 Å². The van der Waals surface area contributed by atoms with Gasteiger partial charge < -0.3 is 5.32 Å². The summed E-state index contributed by atoms with van der Waals surface area (Å²) in [6.07, 6.45) is 12.4. The third kappa shape index (κ3) is 4.11. The maximum absolute atomic E-state index is 4.52. The minimum absolute atomic E-state index is 0. The lowest BCUT2D eigenvalue weighted by Crippen LogP contribution is -2.16. The van der Waals surface area contributed by atoms with Crippen LogP contribution in [0.1, 0.15) is 56.3 Å². The quantitative estimate of drug-likeness (QED) is 0.850. The zero-order valence-corrected chi connectivity index (χ0v) is 14.1. The Bertz CT molecular complexity index is 556. The minimum atomic E-state index is 0. The molecule has 2 aromatic rings. The average Bonchev–Trinajstić information content (AvgIpc) is 3.19. The average molecular weight is 324 g/mol. The van der Waals surface area contributed by atoms with Crippen LogP contribution < -0.4 is 5.32 Å². The van der Waals surface area contributed by atoms with E-state index >= 15 is 0 Å². The van der Waals surface area contributed by atoms with Crippen LogP contribution in [0.2, 0.25) is 0 Å². The Morgan fingerprint density at radius 3 is 2.82 bits per heavy atom. The standard InChI is InChI=1S/C16H25N5.ClH/c1-2-9-20-16(7-8-18-20)12-17-10-14-11-19-21(13-14)15-5-3-4-6-15;/h7-8,11,13,15,17H,2-6,9-10,12H2,1H3;1H. The van der Waals surface area contributed by atoms with Crippen molar-refractivity contribution in [2.75, 3.05) is 0 Å². The molecule has 0 bridgehead atoms. The van der Waals surface area contributed by atoms with E-state index in [2.05, 4.69) is 44.1 Å². The molecule has 0 aromatic carbocycles. The van der Waals surface area contributed by atoms with Gasteiger partial charge in [0, 0.05) is 37.6 Å². The number of halogens is 1. The third-order valence-electron chi connectivity index (χ3n) is 4.23. The lowest BCUT2D eigenvalue weighted by Gasteiger charge is -2.09. The van der Waals surface area contributed by atoms with Gasteiger partial charge in [-0.3, -0.25) is 9.36 Å². The summed E-state index contributed by atoms with van der Waals surface area (Å²) in [6.45, 7) is 4.89. The van der Waals surface area contributed by atoms with Gasteiger partial charge in [-0.25, -0.2) is 0 Å². The SMILES string of the molecule is CCCn1nccc1CNCc1cnn(C2CCCC2)c1.Cl. The maximum Gasteiger partial charge on any atom is 0.0534 e. The first-order chi connectivity index (χ1) is 10.4. The van der Waals surface area contributed by atoms with Gasteiger partial charge in [0.15, 0.2) is 0 Å². The number of nitrogens with one attached hydrogen (secondary N) is 1. The molecular weight excluding hydrogens is 298 g/mol. The van der Waals surface area contributed by atoms with E-state index in [0.29, 0.717) is 6.04 Å². The molecular formula is C16H26ClN5. The van der Waals surface area contributed by atoms with E-state index in [0.717, 1.165) is 26.1 Å². The van der Waals surface area contributed by atoms with Crippen LogP contribution in [0.15, 0.2) is 24.7 Å². The first kappa shape index (κ1) is 17.0. The molecule has 3 rings (SSSR count). The van der Waals surface area contributed by atoms with Crippen molar-refractivity contribution in [3.05, 3.63) is 35.9 Å². The minimum Gasteiger partial charge on any atom is -0.307 e. The summed E-state index contributed by atoms with van der Waals surface area (Å²) in [6, 6.07) is 2.72. The second-order valence-corrected chi connectivity index (χ2v) is 5.92. The fourth-order valence-corrected chi connectivity index (χ4v) is 3.10. The topological polar surface area (TPSA) is 47.7 Å². The van der Waals surface area contributed by atoms with Gasteiger partial charge in [-0.05, 0) is 25.3 Å². The Labute approximate surface area is 138 Å². The van der Waals surface area contributed by atoms with E-state index in [9.17, 15) is 0 Å². The summed E-state index contributed by atoms with van der Waals surface area (Å²) in [5.74, 6) is 0. The monoisotopic (exact) mass is 323 g/mol. The Morgan fingerprint density at radius 1 is 1.23 bits per heavy atom. The molecule has 0 atom stereocenters. The number of nitrogens with zero attached hydrogens (tertiary/aromatic N) is 4. The molecule has 0 spiro atoms. The highest BCUT2D eigenvalue weighted by molar-refractivity contribution is 5.85. The summed E-state index contributed by atoms with van der Waals surface area (Å²) in [4.78, 5) is 0. The molecule has 2 heterocycles. The van der Waals surface area contributed by atoms with Crippen LogP contribution in [-0.2, 0) is 19.6 Å². The van der Waals surface area contributed by atoms with Crippen molar-refractivity contribution in [3.63, 3.8) is 0 Å². The van der Waals surface area contributed by atoms with Crippen molar-refractivity contribution in [1.29, 1.82) is 0 Å². The predicted molar refractivity (Wildman–Crippen MR) is 90.0 cm³/mol. The predicted octanol–water partition coefficient (Wildman–Crippen LogP) is 3.32. The molecule has 0 saturated heterocycles. The first-order valence-corrected chi connectivity index (χ1v) is 8.11. The molecule has 1 aliphatic carbocycles.